The molecule has 0 aliphatic carbocycles. The molecule has 0 saturated carbocycles. The summed E-state index contributed by atoms with van der Waals surface area (Å²) in [6, 6.07) is -0.618. The summed E-state index contributed by atoms with van der Waals surface area (Å²) in [7, 11) is 5.54. The lowest BCUT2D eigenvalue weighted by molar-refractivity contribution is -0.887. The maximum Gasteiger partial charge on any atom is 0.362 e. The Labute approximate surface area is 407 Å². The minimum absolute atomic E-state index is 0.0568. The van der Waals surface area contributed by atoms with E-state index in [9.17, 15) is 19.5 Å². The normalized spacial score (nSPS) is 13.2. The molecule has 0 bridgehead atoms. The van der Waals surface area contributed by atoms with Gasteiger partial charge in [-0.2, -0.15) is 0 Å². The van der Waals surface area contributed by atoms with Gasteiger partial charge in [-0.3, -0.25) is 9.59 Å². The Morgan fingerprint density at radius 1 is 0.455 bits per heavy atom. The molecule has 0 saturated heterocycles. The average molecular weight is 929 g/mol. The molecular formula is C58H106NO7+. The molecule has 2 atom stereocenters. The highest BCUT2D eigenvalue weighted by Crippen LogP contribution is 2.17. The van der Waals surface area contributed by atoms with E-state index < -0.39 is 18.1 Å². The van der Waals surface area contributed by atoms with E-state index in [2.05, 4.69) is 62.5 Å². The number of hydrogen-bond acceptors (Lipinski definition) is 6. The van der Waals surface area contributed by atoms with Crippen molar-refractivity contribution in [3.63, 3.8) is 0 Å². The molecule has 0 aromatic carbocycles. The molecule has 8 nitrogen and oxygen atoms in total. The van der Waals surface area contributed by atoms with Gasteiger partial charge >= 0.3 is 17.9 Å². The molecule has 0 rings (SSSR count). The van der Waals surface area contributed by atoms with E-state index in [0.717, 1.165) is 77.0 Å². The number of likely N-dealkylation sites (N-methyl/N-ethyl adjacent to an activating group) is 1. The van der Waals surface area contributed by atoms with Crippen LogP contribution < -0.4 is 0 Å². The van der Waals surface area contributed by atoms with E-state index in [-0.39, 0.29) is 36.2 Å². The third-order valence-electron chi connectivity index (χ3n) is 12.5. The number of hydrogen-bond donors (Lipinski definition) is 1. The zero-order chi connectivity index (χ0) is 48.4. The van der Waals surface area contributed by atoms with Crippen LogP contribution in [0.5, 0.6) is 0 Å². The van der Waals surface area contributed by atoms with Crippen LogP contribution in [0.15, 0.2) is 48.6 Å². The number of esters is 2. The Morgan fingerprint density at radius 2 is 0.803 bits per heavy atom. The van der Waals surface area contributed by atoms with Gasteiger partial charge in [0.2, 0.25) is 0 Å². The fraction of sp³-hybridized carbons (Fsp3) is 0.810. The average Bonchev–Trinajstić information content (AvgIpc) is 3.28. The largest absolute Gasteiger partial charge is 0.477 e. The summed E-state index contributed by atoms with van der Waals surface area (Å²) in [5.74, 6) is -1.48. The van der Waals surface area contributed by atoms with Gasteiger partial charge in [0, 0.05) is 19.3 Å². The van der Waals surface area contributed by atoms with Crippen LogP contribution in [0.25, 0.3) is 0 Å². The first-order chi connectivity index (χ1) is 32.1. The molecule has 0 heterocycles. The van der Waals surface area contributed by atoms with Gasteiger partial charge in [0.1, 0.15) is 6.61 Å². The maximum absolute atomic E-state index is 12.8. The standard InChI is InChI=1S/C58H105NO7/c1-6-8-10-12-14-16-18-20-22-24-26-28-30-32-34-36-38-40-42-44-46-48-56(60)65-53-54(52-64-51-50-55(58(62)63)59(3,4)5)66-57(61)49-47-45-43-41-39-37-35-33-31-29-27-25-23-21-19-17-15-13-11-9-7-2/h14,16,20,22,26,28,32,34,54-55H,6-13,15,17-19,21,23-25,27,29-31,33,35-53H2,1-5H3/p+1/b16-14+,22-20+,28-26+,34-32+. The van der Waals surface area contributed by atoms with Crippen LogP contribution in [-0.4, -0.2) is 80.6 Å². The van der Waals surface area contributed by atoms with Gasteiger partial charge in [-0.05, 0) is 57.8 Å². The number of aliphatic carboxylic acids is 1. The zero-order valence-electron chi connectivity index (χ0n) is 43.9. The fourth-order valence-electron chi connectivity index (χ4n) is 8.19. The number of allylic oxidation sites excluding steroid dienone is 8. The predicted molar refractivity (Wildman–Crippen MR) is 280 cm³/mol. The first-order valence-corrected chi connectivity index (χ1v) is 27.7. The zero-order valence-corrected chi connectivity index (χ0v) is 43.9. The van der Waals surface area contributed by atoms with Crippen molar-refractivity contribution in [3.8, 4) is 0 Å². The van der Waals surface area contributed by atoms with Gasteiger partial charge in [-0.25, -0.2) is 4.79 Å². The number of rotatable bonds is 50. The summed E-state index contributed by atoms with van der Waals surface area (Å²) >= 11 is 0. The Bertz CT molecular complexity index is 1220. The fourth-order valence-corrected chi connectivity index (χ4v) is 8.19. The van der Waals surface area contributed by atoms with Gasteiger partial charge in [0.25, 0.3) is 0 Å². The van der Waals surface area contributed by atoms with Gasteiger partial charge in [-0.1, -0.05) is 223 Å². The molecular weight excluding hydrogens is 823 g/mol. The topological polar surface area (TPSA) is 99.1 Å². The van der Waals surface area contributed by atoms with Crippen molar-refractivity contribution in [1.29, 1.82) is 0 Å². The summed E-state index contributed by atoms with van der Waals surface area (Å²) in [4.78, 5) is 37.2. The third kappa shape index (κ3) is 46.4. The van der Waals surface area contributed by atoms with E-state index in [1.807, 2.05) is 21.1 Å². The van der Waals surface area contributed by atoms with Crippen LogP contribution >= 0.6 is 0 Å². The molecule has 0 aliphatic rings. The Hall–Kier alpha value is -2.71. The molecule has 0 aromatic rings. The molecule has 1 N–H and O–H groups in total. The molecule has 384 valence electrons. The highest BCUT2D eigenvalue weighted by molar-refractivity contribution is 5.72. The summed E-state index contributed by atoms with van der Waals surface area (Å²) < 4.78 is 17.4. The van der Waals surface area contributed by atoms with Gasteiger partial charge in [0.05, 0.1) is 34.4 Å². The van der Waals surface area contributed by atoms with Crippen molar-refractivity contribution in [2.24, 2.45) is 0 Å². The van der Waals surface area contributed by atoms with E-state index in [4.69, 9.17) is 14.2 Å². The highest BCUT2D eigenvalue weighted by atomic mass is 16.6. The molecule has 0 aromatic heterocycles. The van der Waals surface area contributed by atoms with E-state index >= 15 is 0 Å². The van der Waals surface area contributed by atoms with Crippen molar-refractivity contribution < 1.29 is 38.2 Å². The van der Waals surface area contributed by atoms with Gasteiger partial charge < -0.3 is 23.8 Å². The van der Waals surface area contributed by atoms with E-state index in [1.165, 1.54) is 141 Å². The van der Waals surface area contributed by atoms with Crippen LogP contribution in [0.1, 0.15) is 251 Å². The van der Waals surface area contributed by atoms with Gasteiger partial charge in [-0.15, -0.1) is 0 Å². The van der Waals surface area contributed by atoms with Crippen molar-refractivity contribution in [2.45, 2.75) is 264 Å². The number of carbonyl (C=O) groups excluding carboxylic acids is 2. The van der Waals surface area contributed by atoms with E-state index in [1.54, 1.807) is 0 Å². The molecule has 0 radical (unpaired) electrons. The summed E-state index contributed by atoms with van der Waals surface area (Å²) in [5, 5.41) is 9.67. The smallest absolute Gasteiger partial charge is 0.362 e. The minimum atomic E-state index is -0.875. The Kier molecular flexibility index (Phi) is 46.7. The number of carboxylic acids is 1. The SMILES string of the molecule is CCCCC/C=C/C/C=C/C/C=C/C/C=C/CCCCCCCC(=O)OCC(COCCC(C(=O)O)[N+](C)(C)C)OC(=O)CCCCCCCCCCCCCCCCCCCCCCC. The summed E-state index contributed by atoms with van der Waals surface area (Å²) in [6.45, 7) is 4.73. The molecule has 0 spiro atoms. The quantitative estimate of drug-likeness (QED) is 0.0281. The van der Waals surface area contributed by atoms with Crippen LogP contribution in [0.2, 0.25) is 0 Å². The van der Waals surface area contributed by atoms with E-state index in [0.29, 0.717) is 19.3 Å². The third-order valence-corrected chi connectivity index (χ3v) is 12.5. The summed E-state index contributed by atoms with van der Waals surface area (Å²) in [6.07, 6.45) is 60.2. The Morgan fingerprint density at radius 3 is 1.21 bits per heavy atom. The van der Waals surface area contributed by atoms with Gasteiger partial charge in [0.15, 0.2) is 12.1 Å². The number of carbonyl (C=O) groups is 3. The minimum Gasteiger partial charge on any atom is -0.477 e. The van der Waals surface area contributed by atoms with Crippen molar-refractivity contribution in [2.75, 3.05) is 41.0 Å². The van der Waals surface area contributed by atoms with Crippen molar-refractivity contribution in [3.05, 3.63) is 48.6 Å². The van der Waals surface area contributed by atoms with Crippen LogP contribution in [0.3, 0.4) is 0 Å². The number of quaternary nitrogens is 1. The molecule has 8 heteroatoms. The van der Waals surface area contributed by atoms with Crippen molar-refractivity contribution >= 4 is 17.9 Å². The molecule has 0 amide bonds. The van der Waals surface area contributed by atoms with Crippen molar-refractivity contribution in [1.82, 2.24) is 0 Å². The molecule has 2 unspecified atom stereocenters. The van der Waals surface area contributed by atoms with Crippen LogP contribution in [0.4, 0.5) is 0 Å². The maximum atomic E-state index is 12.8. The molecule has 0 fully saturated rings. The second-order valence-electron chi connectivity index (χ2n) is 19.8. The molecule has 66 heavy (non-hydrogen) atoms. The second kappa shape index (κ2) is 48.7. The highest BCUT2D eigenvalue weighted by Gasteiger charge is 2.31. The lowest BCUT2D eigenvalue weighted by Gasteiger charge is -2.31. The second-order valence-corrected chi connectivity index (χ2v) is 19.8. The first-order valence-electron chi connectivity index (χ1n) is 27.7. The Balaban J connectivity index is 4.22. The number of nitrogens with zero attached hydrogens (tertiary/aromatic N) is 1. The summed E-state index contributed by atoms with van der Waals surface area (Å²) in [5.41, 5.74) is 0. The first kappa shape index (κ1) is 63.3. The monoisotopic (exact) mass is 929 g/mol. The number of carboxylic acid groups (broad SMARTS) is 1. The van der Waals surface area contributed by atoms with Crippen LogP contribution in [-0.2, 0) is 28.6 Å². The molecule has 0 aliphatic heterocycles. The lowest BCUT2D eigenvalue weighted by atomic mass is 10.0. The predicted octanol–water partition coefficient (Wildman–Crippen LogP) is 16.3. The number of unbranched alkanes of at least 4 members (excludes halogenated alkanes) is 28. The number of ether oxygens (including phenoxy) is 3. The lowest BCUT2D eigenvalue weighted by Crippen LogP contribution is -2.50. The van der Waals surface area contributed by atoms with Crippen LogP contribution in [0, 0.1) is 0 Å².